The topological polar surface area (TPSA) is 84.2 Å². The minimum absolute atomic E-state index is 0.0233. The smallest absolute Gasteiger partial charge is 0.254 e. The number of carbonyl (C=O) groups excluding carboxylic acids is 1. The summed E-state index contributed by atoms with van der Waals surface area (Å²) in [5.41, 5.74) is 2.52. The number of likely N-dealkylation sites (tertiary alicyclic amines) is 2. The highest BCUT2D eigenvalue weighted by atomic mass is 16.2. The molecular formula is C31H45N7O. The third-order valence-electron chi connectivity index (χ3n) is 9.19. The van der Waals surface area contributed by atoms with Crippen molar-refractivity contribution in [3.8, 4) is 0 Å². The van der Waals surface area contributed by atoms with Crippen LogP contribution in [-0.4, -0.2) is 73.3 Å². The number of nitrogens with one attached hydrogen (secondary N) is 2. The average molecular weight is 532 g/mol. The van der Waals surface area contributed by atoms with Crippen molar-refractivity contribution in [2.75, 3.05) is 32.7 Å². The van der Waals surface area contributed by atoms with E-state index in [4.69, 9.17) is 0 Å². The van der Waals surface area contributed by atoms with Crippen LogP contribution in [-0.2, 0) is 19.6 Å². The number of aromatic nitrogens is 4. The van der Waals surface area contributed by atoms with Crippen molar-refractivity contribution >= 4 is 5.91 Å². The summed E-state index contributed by atoms with van der Waals surface area (Å²) < 4.78 is 0. The monoisotopic (exact) mass is 531 g/mol. The van der Waals surface area contributed by atoms with Gasteiger partial charge < -0.3 is 19.8 Å². The van der Waals surface area contributed by atoms with Crippen LogP contribution in [0, 0.1) is 11.3 Å². The summed E-state index contributed by atoms with van der Waals surface area (Å²) in [5, 5.41) is 0. The summed E-state index contributed by atoms with van der Waals surface area (Å²) in [6.45, 7) is 12.6. The van der Waals surface area contributed by atoms with E-state index in [1.807, 2.05) is 12.1 Å². The molecule has 4 heterocycles. The van der Waals surface area contributed by atoms with Crippen LogP contribution >= 0.6 is 0 Å². The summed E-state index contributed by atoms with van der Waals surface area (Å²) in [6.07, 6.45) is 14.9. The lowest BCUT2D eigenvalue weighted by molar-refractivity contribution is 0.0273. The SMILES string of the molecule is CCC(CC)CN1CCC2(CCN(Cc3ccc(C(=O)N(Cc4ncc[nH]4)Cc4ncc[nH]4)cc3)CC2)CC1. The second-order valence-electron chi connectivity index (χ2n) is 11.7. The molecule has 0 aliphatic carbocycles. The molecule has 39 heavy (non-hydrogen) atoms. The maximum Gasteiger partial charge on any atom is 0.254 e. The molecule has 2 N–H and O–H groups in total. The van der Waals surface area contributed by atoms with Crippen molar-refractivity contribution in [1.82, 2.24) is 34.6 Å². The number of hydrogen-bond acceptors (Lipinski definition) is 5. The Kier molecular flexibility index (Phi) is 9.14. The van der Waals surface area contributed by atoms with Gasteiger partial charge in [0.05, 0.1) is 13.1 Å². The highest BCUT2D eigenvalue weighted by Crippen LogP contribution is 2.41. The molecule has 2 aliphatic rings. The van der Waals surface area contributed by atoms with Gasteiger partial charge in [-0.2, -0.15) is 0 Å². The van der Waals surface area contributed by atoms with Crippen molar-refractivity contribution in [3.63, 3.8) is 0 Å². The molecule has 0 bridgehead atoms. The Morgan fingerprint density at radius 2 is 1.41 bits per heavy atom. The van der Waals surface area contributed by atoms with Crippen LogP contribution in [0.15, 0.2) is 49.1 Å². The lowest BCUT2D eigenvalue weighted by Gasteiger charge is -2.47. The van der Waals surface area contributed by atoms with Gasteiger partial charge in [-0.05, 0) is 80.9 Å². The first kappa shape index (κ1) is 27.6. The third-order valence-corrected chi connectivity index (χ3v) is 9.19. The van der Waals surface area contributed by atoms with E-state index in [0.717, 1.165) is 24.1 Å². The van der Waals surface area contributed by atoms with Gasteiger partial charge in [-0.3, -0.25) is 9.69 Å². The van der Waals surface area contributed by atoms with Gasteiger partial charge in [0.1, 0.15) is 11.6 Å². The van der Waals surface area contributed by atoms with Gasteiger partial charge in [0.25, 0.3) is 5.91 Å². The number of amides is 1. The van der Waals surface area contributed by atoms with E-state index in [1.165, 1.54) is 76.8 Å². The van der Waals surface area contributed by atoms with E-state index in [9.17, 15) is 4.79 Å². The standard InChI is InChI=1S/C31H45N7O/c1-3-25(4-2)21-36-17-9-31(10-18-36)11-19-37(20-12-31)22-26-5-7-27(8-6-26)30(39)38(23-28-32-13-14-33-28)24-29-34-15-16-35-29/h5-8,13-16,25H,3-4,9-12,17-24H2,1-2H3,(H,32,33)(H,34,35). The number of carbonyl (C=O) groups is 1. The maximum absolute atomic E-state index is 13.4. The largest absolute Gasteiger partial charge is 0.347 e. The van der Waals surface area contributed by atoms with Crippen LogP contribution in [0.25, 0.3) is 0 Å². The van der Waals surface area contributed by atoms with Gasteiger partial charge in [-0.15, -0.1) is 0 Å². The van der Waals surface area contributed by atoms with Crippen LogP contribution < -0.4 is 0 Å². The number of rotatable bonds is 11. The number of nitrogens with zero attached hydrogens (tertiary/aromatic N) is 5. The second kappa shape index (κ2) is 12.9. The molecule has 0 saturated carbocycles. The van der Waals surface area contributed by atoms with Crippen molar-refractivity contribution in [3.05, 3.63) is 71.8 Å². The fourth-order valence-corrected chi connectivity index (χ4v) is 6.33. The highest BCUT2D eigenvalue weighted by molar-refractivity contribution is 5.94. The first-order chi connectivity index (χ1) is 19.1. The molecular weight excluding hydrogens is 486 g/mol. The summed E-state index contributed by atoms with van der Waals surface area (Å²) >= 11 is 0. The molecule has 210 valence electrons. The first-order valence-corrected chi connectivity index (χ1v) is 14.9. The molecule has 0 atom stereocenters. The van der Waals surface area contributed by atoms with Crippen molar-refractivity contribution in [1.29, 1.82) is 0 Å². The molecule has 1 amide bonds. The number of piperidine rings is 2. The first-order valence-electron chi connectivity index (χ1n) is 14.9. The lowest BCUT2D eigenvalue weighted by atomic mass is 9.71. The molecule has 8 heteroatoms. The van der Waals surface area contributed by atoms with Gasteiger partial charge in [-0.25, -0.2) is 9.97 Å². The van der Waals surface area contributed by atoms with Crippen LogP contribution in [0.4, 0.5) is 0 Å². The van der Waals surface area contributed by atoms with E-state index in [0.29, 0.717) is 24.1 Å². The molecule has 1 spiro atoms. The molecule has 2 aliphatic heterocycles. The fraction of sp³-hybridized carbons (Fsp3) is 0.581. The van der Waals surface area contributed by atoms with Crippen LogP contribution in [0.5, 0.6) is 0 Å². The van der Waals surface area contributed by atoms with E-state index >= 15 is 0 Å². The predicted octanol–water partition coefficient (Wildman–Crippen LogP) is 5.09. The number of H-pyrrole nitrogens is 2. The lowest BCUT2D eigenvalue weighted by Crippen LogP contribution is -2.47. The minimum atomic E-state index is -0.0233. The molecule has 1 aromatic carbocycles. The third kappa shape index (κ3) is 7.17. The van der Waals surface area contributed by atoms with E-state index in [2.05, 4.69) is 55.7 Å². The van der Waals surface area contributed by atoms with E-state index in [1.54, 1.807) is 29.7 Å². The fourth-order valence-electron chi connectivity index (χ4n) is 6.33. The van der Waals surface area contributed by atoms with Crippen LogP contribution in [0.1, 0.15) is 79.9 Å². The maximum atomic E-state index is 13.4. The molecule has 2 saturated heterocycles. The van der Waals surface area contributed by atoms with Crippen molar-refractivity contribution < 1.29 is 4.79 Å². The quantitative estimate of drug-likeness (QED) is 0.360. The number of hydrogen-bond donors (Lipinski definition) is 2. The molecule has 2 fully saturated rings. The summed E-state index contributed by atoms with van der Waals surface area (Å²) in [6, 6.07) is 8.17. The van der Waals surface area contributed by atoms with Gasteiger partial charge >= 0.3 is 0 Å². The van der Waals surface area contributed by atoms with Gasteiger partial charge in [0.2, 0.25) is 0 Å². The Morgan fingerprint density at radius 3 is 1.90 bits per heavy atom. The molecule has 0 unspecified atom stereocenters. The van der Waals surface area contributed by atoms with Crippen molar-refractivity contribution in [2.45, 2.75) is 72.0 Å². The number of aromatic amines is 2. The van der Waals surface area contributed by atoms with E-state index in [-0.39, 0.29) is 5.91 Å². The number of benzene rings is 1. The van der Waals surface area contributed by atoms with Crippen LogP contribution in [0.2, 0.25) is 0 Å². The zero-order valence-corrected chi connectivity index (χ0v) is 23.7. The molecule has 5 rings (SSSR count). The van der Waals surface area contributed by atoms with Gasteiger partial charge in [0.15, 0.2) is 0 Å². The van der Waals surface area contributed by atoms with E-state index < -0.39 is 0 Å². The number of imidazole rings is 2. The highest BCUT2D eigenvalue weighted by Gasteiger charge is 2.37. The normalized spacial score (nSPS) is 18.1. The molecule has 8 nitrogen and oxygen atoms in total. The van der Waals surface area contributed by atoms with Crippen LogP contribution in [0.3, 0.4) is 0 Å². The second-order valence-corrected chi connectivity index (χ2v) is 11.7. The molecule has 3 aromatic rings. The predicted molar refractivity (Wildman–Crippen MR) is 154 cm³/mol. The summed E-state index contributed by atoms with van der Waals surface area (Å²) in [5.74, 6) is 2.35. The Balaban J connectivity index is 1.12. The average Bonchev–Trinajstić information content (AvgIpc) is 3.69. The summed E-state index contributed by atoms with van der Waals surface area (Å²) in [7, 11) is 0. The summed E-state index contributed by atoms with van der Waals surface area (Å²) in [4.78, 5) is 35.3. The molecule has 0 radical (unpaired) electrons. The Morgan fingerprint density at radius 1 is 0.872 bits per heavy atom. The minimum Gasteiger partial charge on any atom is -0.347 e. The zero-order chi connectivity index (χ0) is 27.1. The van der Waals surface area contributed by atoms with Gasteiger partial charge in [0, 0.05) is 43.4 Å². The Hall–Kier alpha value is -2.97. The Bertz CT molecular complexity index is 1080. The molecule has 2 aromatic heterocycles. The zero-order valence-electron chi connectivity index (χ0n) is 23.7. The van der Waals surface area contributed by atoms with Gasteiger partial charge in [-0.1, -0.05) is 38.8 Å². The Labute approximate surface area is 233 Å². The van der Waals surface area contributed by atoms with Crippen molar-refractivity contribution in [2.24, 2.45) is 11.3 Å².